The molecule has 2 aromatic carbocycles. The average Bonchev–Trinajstić information content (AvgIpc) is 2.83. The summed E-state index contributed by atoms with van der Waals surface area (Å²) in [4.78, 5) is 4.56. The van der Waals surface area contributed by atoms with Crippen molar-refractivity contribution in [3.63, 3.8) is 0 Å². The minimum Gasteiger partial charge on any atom is -0.497 e. The molecular weight excluding hydrogens is 392 g/mol. The van der Waals surface area contributed by atoms with Gasteiger partial charge in [-0.25, -0.2) is 4.98 Å². The van der Waals surface area contributed by atoms with Crippen LogP contribution in [0.4, 0.5) is 5.82 Å². The van der Waals surface area contributed by atoms with Crippen LogP contribution < -0.4 is 19.5 Å². The normalized spacial score (nSPS) is 10.7. The number of rotatable bonds is 8. The molecular formula is C24H24N4O3. The molecule has 0 bridgehead atoms. The first-order valence-electron chi connectivity index (χ1n) is 9.92. The first-order chi connectivity index (χ1) is 15.2. The van der Waals surface area contributed by atoms with Crippen LogP contribution in [-0.2, 0) is 6.42 Å². The molecule has 0 spiro atoms. The molecule has 0 fully saturated rings. The van der Waals surface area contributed by atoms with Crippen LogP contribution in [0.15, 0.2) is 60.9 Å². The molecule has 7 nitrogen and oxygen atoms in total. The number of anilines is 1. The van der Waals surface area contributed by atoms with Crippen molar-refractivity contribution in [3.8, 4) is 28.4 Å². The van der Waals surface area contributed by atoms with Gasteiger partial charge < -0.3 is 19.5 Å². The summed E-state index contributed by atoms with van der Waals surface area (Å²) >= 11 is 0. The standard InChI is InChI=1S/C24H24N4O3/c1-29-18-6-4-5-16(11-18)9-10-25-24-8-7-17(14-26-24)20-15-27-28-21-13-23(31-3)22(30-2)12-19(20)21/h4-8,11-15H,9-10H2,1-3H3,(H,25,26). The summed E-state index contributed by atoms with van der Waals surface area (Å²) in [5.74, 6) is 2.95. The number of aromatic nitrogens is 3. The minimum atomic E-state index is 0.621. The Hall–Kier alpha value is -3.87. The summed E-state index contributed by atoms with van der Waals surface area (Å²) in [6.45, 7) is 0.774. The summed E-state index contributed by atoms with van der Waals surface area (Å²) < 4.78 is 16.1. The molecule has 4 aromatic rings. The highest BCUT2D eigenvalue weighted by Gasteiger charge is 2.12. The number of nitrogens with zero attached hydrogens (tertiary/aromatic N) is 3. The Morgan fingerprint density at radius 3 is 2.45 bits per heavy atom. The summed E-state index contributed by atoms with van der Waals surface area (Å²) in [5, 5.41) is 12.7. The number of benzene rings is 2. The number of methoxy groups -OCH3 is 3. The lowest BCUT2D eigenvalue weighted by molar-refractivity contribution is 0.356. The molecule has 0 amide bonds. The van der Waals surface area contributed by atoms with E-state index in [9.17, 15) is 0 Å². The number of ether oxygens (including phenoxy) is 3. The molecule has 0 aliphatic heterocycles. The third-order valence-corrected chi connectivity index (χ3v) is 5.07. The molecule has 158 valence electrons. The highest BCUT2D eigenvalue weighted by Crippen LogP contribution is 2.35. The van der Waals surface area contributed by atoms with E-state index in [0.717, 1.165) is 46.6 Å². The number of pyridine rings is 1. The molecule has 0 unspecified atom stereocenters. The zero-order valence-electron chi connectivity index (χ0n) is 17.8. The third-order valence-electron chi connectivity index (χ3n) is 5.07. The van der Waals surface area contributed by atoms with Crippen LogP contribution in [-0.4, -0.2) is 43.1 Å². The minimum absolute atomic E-state index is 0.621. The fourth-order valence-corrected chi connectivity index (χ4v) is 3.44. The molecule has 0 atom stereocenters. The molecule has 0 radical (unpaired) electrons. The molecule has 0 saturated carbocycles. The van der Waals surface area contributed by atoms with Crippen molar-refractivity contribution >= 4 is 16.7 Å². The van der Waals surface area contributed by atoms with E-state index >= 15 is 0 Å². The Labute approximate surface area is 181 Å². The van der Waals surface area contributed by atoms with Crippen LogP contribution in [0.5, 0.6) is 17.2 Å². The van der Waals surface area contributed by atoms with E-state index < -0.39 is 0 Å². The zero-order valence-corrected chi connectivity index (χ0v) is 17.8. The SMILES string of the molecule is COc1cccc(CCNc2ccc(-c3cnnc4cc(OC)c(OC)cc34)cn2)c1. The van der Waals surface area contributed by atoms with Gasteiger partial charge >= 0.3 is 0 Å². The second kappa shape index (κ2) is 9.30. The smallest absolute Gasteiger partial charge is 0.162 e. The maximum atomic E-state index is 5.44. The van der Waals surface area contributed by atoms with E-state index in [1.165, 1.54) is 5.56 Å². The molecule has 0 aliphatic rings. The average molecular weight is 416 g/mol. The second-order valence-corrected chi connectivity index (χ2v) is 6.94. The lowest BCUT2D eigenvalue weighted by Gasteiger charge is -2.11. The van der Waals surface area contributed by atoms with Crippen LogP contribution in [0.2, 0.25) is 0 Å². The molecule has 2 heterocycles. The van der Waals surface area contributed by atoms with Crippen molar-refractivity contribution in [3.05, 3.63) is 66.5 Å². The fourth-order valence-electron chi connectivity index (χ4n) is 3.44. The molecule has 1 N–H and O–H groups in total. The van der Waals surface area contributed by atoms with Gasteiger partial charge in [0.15, 0.2) is 11.5 Å². The lowest BCUT2D eigenvalue weighted by Crippen LogP contribution is -2.06. The summed E-state index contributed by atoms with van der Waals surface area (Å²) in [5.41, 5.74) is 3.82. The van der Waals surface area contributed by atoms with Gasteiger partial charge in [-0.1, -0.05) is 12.1 Å². The first kappa shape index (κ1) is 20.4. The van der Waals surface area contributed by atoms with Gasteiger partial charge in [-0.2, -0.15) is 10.2 Å². The Morgan fingerprint density at radius 2 is 1.71 bits per heavy atom. The van der Waals surface area contributed by atoms with Crippen molar-refractivity contribution in [1.29, 1.82) is 0 Å². The highest BCUT2D eigenvalue weighted by molar-refractivity contribution is 5.95. The van der Waals surface area contributed by atoms with Crippen molar-refractivity contribution in [2.45, 2.75) is 6.42 Å². The van der Waals surface area contributed by atoms with Crippen LogP contribution in [0, 0.1) is 0 Å². The quantitative estimate of drug-likeness (QED) is 0.457. The van der Waals surface area contributed by atoms with E-state index in [1.807, 2.05) is 48.7 Å². The van der Waals surface area contributed by atoms with E-state index in [1.54, 1.807) is 27.5 Å². The van der Waals surface area contributed by atoms with Crippen molar-refractivity contribution in [2.24, 2.45) is 0 Å². The van der Waals surface area contributed by atoms with Gasteiger partial charge in [-0.3, -0.25) is 0 Å². The van der Waals surface area contributed by atoms with E-state index in [4.69, 9.17) is 14.2 Å². The van der Waals surface area contributed by atoms with Crippen molar-refractivity contribution in [2.75, 3.05) is 33.2 Å². The second-order valence-electron chi connectivity index (χ2n) is 6.94. The van der Waals surface area contributed by atoms with E-state index in [2.05, 4.69) is 26.6 Å². The maximum absolute atomic E-state index is 5.44. The highest BCUT2D eigenvalue weighted by atomic mass is 16.5. The number of fused-ring (bicyclic) bond motifs is 1. The first-order valence-corrected chi connectivity index (χ1v) is 9.92. The molecule has 4 rings (SSSR count). The molecule has 31 heavy (non-hydrogen) atoms. The number of hydrogen-bond acceptors (Lipinski definition) is 7. The molecule has 0 aliphatic carbocycles. The van der Waals surface area contributed by atoms with Crippen LogP contribution in [0.3, 0.4) is 0 Å². The zero-order chi connectivity index (χ0) is 21.6. The van der Waals surface area contributed by atoms with E-state index in [-0.39, 0.29) is 0 Å². The Morgan fingerprint density at radius 1 is 0.871 bits per heavy atom. The number of nitrogens with one attached hydrogen (secondary N) is 1. The summed E-state index contributed by atoms with van der Waals surface area (Å²) in [6, 6.07) is 15.8. The molecule has 7 heteroatoms. The summed E-state index contributed by atoms with van der Waals surface area (Å²) in [6.07, 6.45) is 4.45. The predicted molar refractivity (Wildman–Crippen MR) is 121 cm³/mol. The van der Waals surface area contributed by atoms with Gasteiger partial charge in [0.1, 0.15) is 11.6 Å². The van der Waals surface area contributed by atoms with Gasteiger partial charge in [-0.15, -0.1) is 0 Å². The van der Waals surface area contributed by atoms with Crippen LogP contribution in [0.25, 0.3) is 22.0 Å². The predicted octanol–water partition coefficient (Wildman–Crippen LogP) is 4.37. The van der Waals surface area contributed by atoms with Gasteiger partial charge in [0.05, 0.1) is 33.0 Å². The van der Waals surface area contributed by atoms with Crippen LogP contribution in [0.1, 0.15) is 5.56 Å². The topological polar surface area (TPSA) is 78.4 Å². The van der Waals surface area contributed by atoms with Gasteiger partial charge in [0.25, 0.3) is 0 Å². The maximum Gasteiger partial charge on any atom is 0.162 e. The Balaban J connectivity index is 1.50. The monoisotopic (exact) mass is 416 g/mol. The van der Waals surface area contributed by atoms with Gasteiger partial charge in [-0.05, 0) is 42.3 Å². The van der Waals surface area contributed by atoms with Gasteiger partial charge in [0, 0.05) is 35.3 Å². The fraction of sp³-hybridized carbons (Fsp3) is 0.208. The number of hydrogen-bond donors (Lipinski definition) is 1. The van der Waals surface area contributed by atoms with Crippen LogP contribution >= 0.6 is 0 Å². The summed E-state index contributed by atoms with van der Waals surface area (Å²) in [7, 11) is 4.90. The third kappa shape index (κ3) is 4.50. The Bertz CT molecular complexity index is 1180. The van der Waals surface area contributed by atoms with Crippen molar-refractivity contribution in [1.82, 2.24) is 15.2 Å². The van der Waals surface area contributed by atoms with Gasteiger partial charge in [0.2, 0.25) is 0 Å². The van der Waals surface area contributed by atoms with Crippen molar-refractivity contribution < 1.29 is 14.2 Å². The van der Waals surface area contributed by atoms with E-state index in [0.29, 0.717) is 11.5 Å². The Kier molecular flexibility index (Phi) is 6.12. The molecule has 0 saturated heterocycles. The lowest BCUT2D eigenvalue weighted by atomic mass is 10.0. The molecule has 2 aromatic heterocycles. The largest absolute Gasteiger partial charge is 0.497 e.